The molecule has 0 heterocycles. The second-order valence-electron chi connectivity index (χ2n) is 8.90. The standard InChI is InChI=1S/C24H40N10O5S/c25-15(12-14-6-2-1-3-7-14)19(35)34-18(13-40)21(37)32-16(8-4-10-30-23(26)27)20(36)33-17(22(38)39)9-5-11-31-24(28)29/h1-3,6-7,15-18,40H,4-5,8-13,25H2,(H,32,37)(H,33,36)(H,34,35)(H,38,39)(H4,26,27,30)(H4,28,29,31). The number of carboxylic acid groups (broad SMARTS) is 1. The van der Waals surface area contributed by atoms with Gasteiger partial charge in [0.05, 0.1) is 6.04 Å². The molecular formula is C24H40N10O5S. The highest BCUT2D eigenvalue weighted by Crippen LogP contribution is 2.06. The van der Waals surface area contributed by atoms with Crippen LogP contribution < -0.4 is 44.6 Å². The van der Waals surface area contributed by atoms with Crippen LogP contribution >= 0.6 is 12.6 Å². The first-order valence-corrected chi connectivity index (χ1v) is 13.2. The Kier molecular flexibility index (Phi) is 15.5. The second kappa shape index (κ2) is 18.3. The molecule has 0 aliphatic rings. The first-order valence-electron chi connectivity index (χ1n) is 12.6. The number of benzene rings is 1. The van der Waals surface area contributed by atoms with Crippen LogP contribution in [-0.4, -0.2) is 83.7 Å². The zero-order valence-corrected chi connectivity index (χ0v) is 23.1. The number of amides is 3. The van der Waals surface area contributed by atoms with Crippen LogP contribution in [0, 0.1) is 0 Å². The second-order valence-corrected chi connectivity index (χ2v) is 9.26. The lowest BCUT2D eigenvalue weighted by atomic mass is 10.1. The number of aliphatic carboxylic acids is 1. The number of carbonyl (C=O) groups is 4. The van der Waals surface area contributed by atoms with E-state index in [-0.39, 0.29) is 56.4 Å². The number of nitrogens with two attached hydrogens (primary N) is 5. The molecule has 0 saturated heterocycles. The van der Waals surface area contributed by atoms with Crippen molar-refractivity contribution in [2.75, 3.05) is 18.8 Å². The molecule has 222 valence electrons. The molecule has 0 saturated carbocycles. The quantitative estimate of drug-likeness (QED) is 0.0366. The highest BCUT2D eigenvalue weighted by molar-refractivity contribution is 7.80. The number of aliphatic imine (C=N–C) groups is 2. The number of hydrogen-bond acceptors (Lipinski definition) is 8. The maximum atomic E-state index is 13.0. The van der Waals surface area contributed by atoms with Crippen LogP contribution in [0.25, 0.3) is 0 Å². The van der Waals surface area contributed by atoms with Gasteiger partial charge in [-0.05, 0) is 37.7 Å². The van der Waals surface area contributed by atoms with Gasteiger partial charge in [0.15, 0.2) is 11.9 Å². The topological polar surface area (TPSA) is 279 Å². The first-order chi connectivity index (χ1) is 18.9. The van der Waals surface area contributed by atoms with E-state index in [1.165, 1.54) is 0 Å². The Bertz CT molecular complexity index is 1030. The van der Waals surface area contributed by atoms with Gasteiger partial charge in [-0.25, -0.2) is 4.79 Å². The van der Waals surface area contributed by atoms with Crippen molar-refractivity contribution in [2.24, 2.45) is 38.7 Å². The van der Waals surface area contributed by atoms with Crippen LogP contribution in [0.3, 0.4) is 0 Å². The van der Waals surface area contributed by atoms with Crippen LogP contribution in [0.2, 0.25) is 0 Å². The van der Waals surface area contributed by atoms with Gasteiger partial charge < -0.3 is 49.7 Å². The summed E-state index contributed by atoms with van der Waals surface area (Å²) in [5.41, 5.74) is 28.1. The summed E-state index contributed by atoms with van der Waals surface area (Å²) in [5, 5.41) is 17.1. The normalized spacial score (nSPS) is 13.6. The van der Waals surface area contributed by atoms with Gasteiger partial charge in [-0.2, -0.15) is 12.6 Å². The van der Waals surface area contributed by atoms with Crippen LogP contribution in [-0.2, 0) is 25.6 Å². The Labute approximate surface area is 238 Å². The Morgan fingerprint density at radius 1 is 0.775 bits per heavy atom. The third kappa shape index (κ3) is 13.7. The molecule has 0 spiro atoms. The fourth-order valence-corrected chi connectivity index (χ4v) is 3.77. The number of carboxylic acids is 1. The Morgan fingerprint density at radius 2 is 1.25 bits per heavy atom. The minimum Gasteiger partial charge on any atom is -0.480 e. The molecule has 40 heavy (non-hydrogen) atoms. The van der Waals surface area contributed by atoms with Gasteiger partial charge >= 0.3 is 5.97 Å². The summed E-state index contributed by atoms with van der Waals surface area (Å²) in [4.78, 5) is 58.1. The Morgan fingerprint density at radius 3 is 1.75 bits per heavy atom. The van der Waals surface area contributed by atoms with Crippen molar-refractivity contribution < 1.29 is 24.3 Å². The minimum absolute atomic E-state index is 0.0428. The molecule has 0 bridgehead atoms. The average Bonchev–Trinajstić information content (AvgIpc) is 2.90. The Hall–Kier alpha value is -4.05. The minimum atomic E-state index is -1.27. The number of rotatable bonds is 18. The Balaban J connectivity index is 2.89. The van der Waals surface area contributed by atoms with Crippen LogP contribution in [0.15, 0.2) is 40.3 Å². The van der Waals surface area contributed by atoms with Gasteiger partial charge in [-0.1, -0.05) is 30.3 Å². The number of nitrogens with zero attached hydrogens (tertiary/aromatic N) is 2. The molecule has 4 unspecified atom stereocenters. The molecule has 0 aliphatic heterocycles. The summed E-state index contributed by atoms with van der Waals surface area (Å²) in [6.45, 7) is 0.348. The van der Waals surface area contributed by atoms with E-state index in [0.29, 0.717) is 6.42 Å². The summed E-state index contributed by atoms with van der Waals surface area (Å²) in [6.07, 6.45) is 0.950. The fourth-order valence-electron chi connectivity index (χ4n) is 3.51. The predicted octanol–water partition coefficient (Wildman–Crippen LogP) is -2.87. The van der Waals surface area contributed by atoms with E-state index in [0.717, 1.165) is 5.56 Å². The first kappa shape index (κ1) is 34.0. The van der Waals surface area contributed by atoms with Crippen LogP contribution in [0.5, 0.6) is 0 Å². The monoisotopic (exact) mass is 580 g/mol. The highest BCUT2D eigenvalue weighted by atomic mass is 32.1. The molecule has 0 aromatic heterocycles. The third-order valence-corrected chi connectivity index (χ3v) is 5.95. The van der Waals surface area contributed by atoms with Crippen molar-refractivity contribution >= 4 is 48.2 Å². The molecule has 3 amide bonds. The summed E-state index contributed by atoms with van der Waals surface area (Å²) < 4.78 is 0. The van der Waals surface area contributed by atoms with Crippen molar-refractivity contribution in [3.8, 4) is 0 Å². The van der Waals surface area contributed by atoms with Crippen LogP contribution in [0.1, 0.15) is 31.2 Å². The van der Waals surface area contributed by atoms with Crippen molar-refractivity contribution in [1.82, 2.24) is 16.0 Å². The van der Waals surface area contributed by atoms with E-state index in [2.05, 4.69) is 38.6 Å². The SMILES string of the molecule is NC(N)=NCCCC(NC(=O)C(CCCN=C(N)N)NC(=O)C(CS)NC(=O)C(N)Cc1ccccc1)C(=O)O. The van der Waals surface area contributed by atoms with Crippen molar-refractivity contribution in [3.05, 3.63) is 35.9 Å². The van der Waals surface area contributed by atoms with Crippen molar-refractivity contribution in [1.29, 1.82) is 0 Å². The molecule has 14 N–H and O–H groups in total. The molecule has 1 aromatic rings. The van der Waals surface area contributed by atoms with Gasteiger partial charge in [-0.3, -0.25) is 24.4 Å². The van der Waals surface area contributed by atoms with Gasteiger partial charge in [0.25, 0.3) is 0 Å². The number of nitrogens with one attached hydrogen (secondary N) is 3. The lowest BCUT2D eigenvalue weighted by molar-refractivity contribution is -0.142. The van der Waals surface area contributed by atoms with Crippen LogP contribution in [0.4, 0.5) is 0 Å². The lowest BCUT2D eigenvalue weighted by Gasteiger charge is -2.24. The van der Waals surface area contributed by atoms with Gasteiger partial charge in [-0.15, -0.1) is 0 Å². The summed E-state index contributed by atoms with van der Waals surface area (Å²) in [7, 11) is 0. The number of hydrogen-bond donors (Lipinski definition) is 10. The number of thiol groups is 1. The highest BCUT2D eigenvalue weighted by Gasteiger charge is 2.29. The maximum Gasteiger partial charge on any atom is 0.326 e. The van der Waals surface area contributed by atoms with E-state index in [4.69, 9.17) is 28.7 Å². The molecule has 15 nitrogen and oxygen atoms in total. The van der Waals surface area contributed by atoms with Crippen molar-refractivity contribution in [3.63, 3.8) is 0 Å². The molecule has 16 heteroatoms. The summed E-state index contributed by atoms with van der Waals surface area (Å²) in [5.74, 6) is -3.63. The molecule has 4 atom stereocenters. The molecule has 0 aliphatic carbocycles. The van der Waals surface area contributed by atoms with Gasteiger partial charge in [0.2, 0.25) is 17.7 Å². The zero-order chi connectivity index (χ0) is 30.1. The van der Waals surface area contributed by atoms with Gasteiger partial charge in [0, 0.05) is 18.8 Å². The smallest absolute Gasteiger partial charge is 0.326 e. The number of carbonyl (C=O) groups excluding carboxylic acids is 3. The van der Waals surface area contributed by atoms with E-state index < -0.39 is 47.9 Å². The van der Waals surface area contributed by atoms with Crippen molar-refractivity contribution in [2.45, 2.75) is 56.3 Å². The number of guanidine groups is 2. The lowest BCUT2D eigenvalue weighted by Crippen LogP contribution is -2.57. The van der Waals surface area contributed by atoms with E-state index >= 15 is 0 Å². The summed E-state index contributed by atoms with van der Waals surface area (Å²) in [6, 6.07) is 4.69. The third-order valence-electron chi connectivity index (χ3n) is 5.59. The van der Waals surface area contributed by atoms with E-state index in [9.17, 15) is 24.3 Å². The predicted molar refractivity (Wildman–Crippen MR) is 155 cm³/mol. The molecular weight excluding hydrogens is 540 g/mol. The van der Waals surface area contributed by atoms with E-state index in [1.54, 1.807) is 0 Å². The maximum absolute atomic E-state index is 13.0. The molecule has 1 aromatic carbocycles. The van der Waals surface area contributed by atoms with E-state index in [1.807, 2.05) is 30.3 Å². The zero-order valence-electron chi connectivity index (χ0n) is 22.2. The molecule has 1 rings (SSSR count). The molecule has 0 radical (unpaired) electrons. The van der Waals surface area contributed by atoms with Gasteiger partial charge in [0.1, 0.15) is 18.1 Å². The summed E-state index contributed by atoms with van der Waals surface area (Å²) >= 11 is 4.16. The fraction of sp³-hybridized carbons (Fsp3) is 0.500. The average molecular weight is 581 g/mol. The molecule has 0 fully saturated rings. The largest absolute Gasteiger partial charge is 0.480 e.